The molecule has 0 spiro atoms. The molecule has 0 saturated carbocycles. The van der Waals surface area contributed by atoms with Gasteiger partial charge in [0.15, 0.2) is 0 Å². The molecule has 220 valence electrons. The number of carbonyl (C=O) groups excluding carboxylic acids is 1. The van der Waals surface area contributed by atoms with Crippen molar-refractivity contribution in [1.29, 1.82) is 0 Å². The molecular formula is C27H26ClF6N5O2. The fraction of sp³-hybridized carbons (Fsp3) is 0.407. The zero-order chi connectivity index (χ0) is 29.9. The Balaban J connectivity index is 1.42. The number of hydrogen-bond donors (Lipinski definition) is 2. The van der Waals surface area contributed by atoms with Crippen molar-refractivity contribution in [1.82, 2.24) is 25.2 Å². The lowest BCUT2D eigenvalue weighted by atomic mass is 9.97. The fourth-order valence-electron chi connectivity index (χ4n) is 5.35. The summed E-state index contributed by atoms with van der Waals surface area (Å²) in [7, 11) is 0. The van der Waals surface area contributed by atoms with E-state index in [9.17, 15) is 36.2 Å². The van der Waals surface area contributed by atoms with Crippen molar-refractivity contribution in [3.05, 3.63) is 87.1 Å². The minimum absolute atomic E-state index is 0.0941. The van der Waals surface area contributed by atoms with Crippen LogP contribution in [0.25, 0.3) is 0 Å². The fourth-order valence-corrected chi connectivity index (χ4v) is 5.57. The molecule has 0 aliphatic carbocycles. The van der Waals surface area contributed by atoms with Gasteiger partial charge >= 0.3 is 12.4 Å². The van der Waals surface area contributed by atoms with Crippen LogP contribution in [0.4, 0.5) is 26.3 Å². The zero-order valence-corrected chi connectivity index (χ0v) is 22.6. The van der Waals surface area contributed by atoms with Gasteiger partial charge in [-0.2, -0.15) is 26.3 Å². The maximum Gasteiger partial charge on any atom is 0.433 e. The third-order valence-electron chi connectivity index (χ3n) is 7.67. The van der Waals surface area contributed by atoms with Crippen molar-refractivity contribution in [3.63, 3.8) is 0 Å². The Morgan fingerprint density at radius 1 is 1.17 bits per heavy atom. The lowest BCUT2D eigenvalue weighted by molar-refractivity contribution is -0.141. The Bertz CT molecular complexity index is 1410. The molecule has 1 aromatic heterocycles. The van der Waals surface area contributed by atoms with Gasteiger partial charge in [0.1, 0.15) is 5.69 Å². The first-order valence-corrected chi connectivity index (χ1v) is 13.1. The van der Waals surface area contributed by atoms with Crippen LogP contribution < -0.4 is 5.43 Å². The number of carbonyl (C=O) groups is 1. The molecule has 5 rings (SSSR count). The number of nitrogens with zero attached hydrogens (tertiary/aromatic N) is 4. The lowest BCUT2D eigenvalue weighted by Gasteiger charge is -2.42. The molecule has 3 aliphatic heterocycles. The smallest absolute Gasteiger partial charge is 0.394 e. The summed E-state index contributed by atoms with van der Waals surface area (Å²) in [5, 5.41) is 11.5. The van der Waals surface area contributed by atoms with Crippen molar-refractivity contribution in [3.8, 4) is 0 Å². The van der Waals surface area contributed by atoms with Gasteiger partial charge in [-0.1, -0.05) is 17.7 Å². The maximum atomic E-state index is 13.4. The highest BCUT2D eigenvalue weighted by Crippen LogP contribution is 2.40. The third kappa shape index (κ3) is 5.44. The van der Waals surface area contributed by atoms with Gasteiger partial charge in [0.05, 0.1) is 41.5 Å². The summed E-state index contributed by atoms with van der Waals surface area (Å²) in [4.78, 5) is 20.4. The molecule has 2 aromatic rings. The average molecular weight is 602 g/mol. The molecular weight excluding hydrogens is 576 g/mol. The van der Waals surface area contributed by atoms with Crippen LogP contribution in [0.15, 0.2) is 59.7 Å². The van der Waals surface area contributed by atoms with E-state index in [0.717, 1.165) is 29.5 Å². The Morgan fingerprint density at radius 3 is 2.51 bits per heavy atom. The molecule has 2 N–H and O–H groups in total. The van der Waals surface area contributed by atoms with Gasteiger partial charge in [-0.15, -0.1) is 0 Å². The molecule has 1 amide bonds. The number of nitrogens with one attached hydrogen (secondary N) is 1. The number of alkyl halides is 6. The number of hydrazine groups is 1. The van der Waals surface area contributed by atoms with Crippen LogP contribution in [0.5, 0.6) is 0 Å². The number of fused-ring (bicyclic) bond motifs is 2. The number of aromatic nitrogens is 1. The summed E-state index contributed by atoms with van der Waals surface area (Å²) >= 11 is 5.74. The van der Waals surface area contributed by atoms with Crippen molar-refractivity contribution in [2.24, 2.45) is 0 Å². The van der Waals surface area contributed by atoms with Gasteiger partial charge in [0.25, 0.3) is 5.91 Å². The minimum atomic E-state index is -4.72. The third-order valence-corrected chi connectivity index (χ3v) is 8.00. The number of halogens is 7. The second-order valence-electron chi connectivity index (χ2n) is 10.3. The van der Waals surface area contributed by atoms with Gasteiger partial charge in [-0.05, 0) is 43.7 Å². The quantitative estimate of drug-likeness (QED) is 0.460. The van der Waals surface area contributed by atoms with Gasteiger partial charge in [0.2, 0.25) is 0 Å². The van der Waals surface area contributed by atoms with Gasteiger partial charge in [-0.25, -0.2) is 0 Å². The van der Waals surface area contributed by atoms with Crippen molar-refractivity contribution < 1.29 is 36.2 Å². The Hall–Kier alpha value is -3.45. The van der Waals surface area contributed by atoms with E-state index in [0.29, 0.717) is 24.2 Å². The van der Waals surface area contributed by atoms with E-state index < -0.39 is 46.6 Å². The monoisotopic (exact) mass is 601 g/mol. The summed E-state index contributed by atoms with van der Waals surface area (Å²) < 4.78 is 79.2. The molecule has 14 heteroatoms. The van der Waals surface area contributed by atoms with E-state index in [2.05, 4.69) is 10.4 Å². The molecule has 3 aliphatic rings. The Morgan fingerprint density at radius 2 is 1.90 bits per heavy atom. The lowest BCUT2D eigenvalue weighted by Crippen LogP contribution is -2.52. The van der Waals surface area contributed by atoms with Crippen LogP contribution >= 0.6 is 11.6 Å². The van der Waals surface area contributed by atoms with Gasteiger partial charge in [0, 0.05) is 48.2 Å². The maximum absolute atomic E-state index is 13.4. The van der Waals surface area contributed by atoms with Crippen molar-refractivity contribution in [2.75, 3.05) is 19.7 Å². The number of aliphatic hydroxyl groups is 1. The molecule has 4 heterocycles. The molecule has 0 unspecified atom stereocenters. The van der Waals surface area contributed by atoms with E-state index in [1.165, 1.54) is 23.2 Å². The van der Waals surface area contributed by atoms with Crippen LogP contribution in [0, 0.1) is 0 Å². The predicted molar refractivity (Wildman–Crippen MR) is 137 cm³/mol. The first-order chi connectivity index (χ1) is 19.2. The number of amides is 1. The van der Waals surface area contributed by atoms with Crippen molar-refractivity contribution in [2.45, 2.75) is 50.7 Å². The highest BCUT2D eigenvalue weighted by molar-refractivity contribution is 6.31. The highest BCUT2D eigenvalue weighted by atomic mass is 35.5. The molecule has 0 saturated heterocycles. The first-order valence-electron chi connectivity index (χ1n) is 12.8. The Labute approximate surface area is 236 Å². The summed E-state index contributed by atoms with van der Waals surface area (Å²) in [6.07, 6.45) is -5.90. The SMILES string of the molecule is C[C@@H]1CC2=C(CN1C(=O)c1ccc(Cl)c(C(F)(F)F)c1)C1=CN([C@@H](C)c3ccc(C(F)(F)F)nc3)C[C@@H](CO)N1N2. The number of hydrogen-bond acceptors (Lipinski definition) is 6. The van der Waals surface area contributed by atoms with Crippen LogP contribution in [0.1, 0.15) is 53.5 Å². The standard InChI is InChI=1S/C27H26ClF6N5O2/c1-14-7-22-19(11-38(14)25(41)16-3-5-21(28)20(8-16)26(29,30)31)23-12-37(10-18(13-40)39(23)36-22)15(2)17-4-6-24(35-9-17)27(32,33)34/h3-6,8-9,12,14-15,18,36,40H,7,10-11,13H2,1-2H3/t14-,15+,18+/m1/s1. The normalized spacial score (nSPS) is 21.8. The predicted octanol–water partition coefficient (Wildman–Crippen LogP) is 5.36. The summed E-state index contributed by atoms with van der Waals surface area (Å²) in [6.45, 7) is 3.81. The van der Waals surface area contributed by atoms with Gasteiger partial charge < -0.3 is 20.3 Å². The van der Waals surface area contributed by atoms with Crippen LogP contribution in [-0.4, -0.2) is 62.6 Å². The molecule has 41 heavy (non-hydrogen) atoms. The molecule has 1 aromatic carbocycles. The average Bonchev–Trinajstić information content (AvgIpc) is 3.27. The number of aliphatic hydroxyl groups excluding tert-OH is 1. The van der Waals surface area contributed by atoms with Crippen molar-refractivity contribution >= 4 is 17.5 Å². The molecule has 0 bridgehead atoms. The van der Waals surface area contributed by atoms with Gasteiger partial charge in [-0.3, -0.25) is 14.8 Å². The van der Waals surface area contributed by atoms with E-state index in [1.807, 2.05) is 11.1 Å². The number of rotatable bonds is 4. The highest BCUT2D eigenvalue weighted by Gasteiger charge is 2.42. The first kappa shape index (κ1) is 29.1. The van der Waals surface area contributed by atoms with Crippen LogP contribution in [0.3, 0.4) is 0 Å². The van der Waals surface area contributed by atoms with Crippen LogP contribution in [-0.2, 0) is 12.4 Å². The number of pyridine rings is 1. The largest absolute Gasteiger partial charge is 0.433 e. The summed E-state index contributed by atoms with van der Waals surface area (Å²) in [6, 6.07) is 4.19. The second kappa shape index (κ2) is 10.4. The second-order valence-corrected chi connectivity index (χ2v) is 10.7. The minimum Gasteiger partial charge on any atom is -0.394 e. The molecule has 0 radical (unpaired) electrons. The van der Waals surface area contributed by atoms with E-state index in [4.69, 9.17) is 11.6 Å². The number of benzene rings is 1. The van der Waals surface area contributed by atoms with E-state index >= 15 is 0 Å². The Kier molecular flexibility index (Phi) is 7.39. The van der Waals surface area contributed by atoms with Crippen LogP contribution in [0.2, 0.25) is 5.02 Å². The molecule has 3 atom stereocenters. The molecule has 7 nitrogen and oxygen atoms in total. The summed E-state index contributed by atoms with van der Waals surface area (Å²) in [5.41, 5.74) is 3.83. The summed E-state index contributed by atoms with van der Waals surface area (Å²) in [5.74, 6) is -0.583. The van der Waals surface area contributed by atoms with E-state index in [1.54, 1.807) is 18.9 Å². The van der Waals surface area contributed by atoms with E-state index in [-0.39, 0.29) is 24.8 Å². The zero-order valence-electron chi connectivity index (χ0n) is 21.9. The molecule has 0 fully saturated rings. The topological polar surface area (TPSA) is 71.9 Å².